The summed E-state index contributed by atoms with van der Waals surface area (Å²) in [5.74, 6) is 3.00. The molecule has 0 atom stereocenters. The maximum atomic E-state index is 2.04. The van der Waals surface area contributed by atoms with E-state index in [2.05, 4.69) is 0 Å². The molecule has 0 heterocycles. The second kappa shape index (κ2) is 32.9. The summed E-state index contributed by atoms with van der Waals surface area (Å²) >= 11 is 0. The Balaban J connectivity index is 1.83. The van der Waals surface area contributed by atoms with Gasteiger partial charge >= 0.3 is 0 Å². The minimum atomic E-state index is 0.957. The van der Waals surface area contributed by atoms with Gasteiger partial charge in [-0.2, -0.15) is 0 Å². The molecule has 0 aromatic carbocycles. The second-order valence-electron chi connectivity index (χ2n) is 15.9. The van der Waals surface area contributed by atoms with Crippen LogP contribution in [-0.4, -0.2) is 0 Å². The van der Waals surface area contributed by atoms with Gasteiger partial charge in [-0.15, -0.1) is 0 Å². The van der Waals surface area contributed by atoms with Gasteiger partial charge in [-0.3, -0.25) is 0 Å². The van der Waals surface area contributed by atoms with E-state index in [-0.39, 0.29) is 0 Å². The largest absolute Gasteiger partial charge is 0.0533 e. The van der Waals surface area contributed by atoms with Crippen molar-refractivity contribution < 1.29 is 0 Å². The minimum Gasteiger partial charge on any atom is -0.0533 e. The van der Waals surface area contributed by atoms with Crippen molar-refractivity contribution in [1.82, 2.24) is 0 Å². The van der Waals surface area contributed by atoms with Crippen LogP contribution in [0.2, 0.25) is 0 Å². The van der Waals surface area contributed by atoms with Gasteiger partial charge in [0.15, 0.2) is 0 Å². The van der Waals surface area contributed by atoms with Crippen molar-refractivity contribution in [2.24, 2.45) is 5.92 Å². The van der Waals surface area contributed by atoms with Crippen molar-refractivity contribution >= 4 is 0 Å². The van der Waals surface area contributed by atoms with Gasteiger partial charge in [0.25, 0.3) is 0 Å². The van der Waals surface area contributed by atoms with Gasteiger partial charge in [0.1, 0.15) is 0 Å². The van der Waals surface area contributed by atoms with Gasteiger partial charge < -0.3 is 0 Å². The Morgan fingerprint density at radius 2 is 0.341 bits per heavy atom. The molecule has 44 heavy (non-hydrogen) atoms. The van der Waals surface area contributed by atoms with Crippen LogP contribution >= 0.6 is 0 Å². The molecule has 2 saturated carbocycles. The first kappa shape index (κ1) is 40.2. The monoisotopic (exact) mass is 614 g/mol. The highest BCUT2D eigenvalue weighted by Crippen LogP contribution is 2.35. The SMILES string of the molecule is C1CCCCCCCCCCCC([C]2CCCCCCCCCCCCCCCCCCC2)CCCCCCCCCCC1. The van der Waals surface area contributed by atoms with E-state index in [0.29, 0.717) is 0 Å². The summed E-state index contributed by atoms with van der Waals surface area (Å²) in [6, 6.07) is 0. The van der Waals surface area contributed by atoms with Crippen LogP contribution in [0.25, 0.3) is 0 Å². The number of hydrogen-bond acceptors (Lipinski definition) is 0. The highest BCUT2D eigenvalue weighted by atomic mass is 14.3. The van der Waals surface area contributed by atoms with E-state index in [1.165, 1.54) is 270 Å². The van der Waals surface area contributed by atoms with Crippen molar-refractivity contribution in [1.29, 1.82) is 0 Å². The molecule has 0 N–H and O–H groups in total. The van der Waals surface area contributed by atoms with Crippen molar-refractivity contribution in [3.05, 3.63) is 5.92 Å². The minimum absolute atomic E-state index is 0.957. The fraction of sp³-hybridized carbons (Fsp3) is 0.977. The molecule has 0 heteroatoms. The maximum absolute atomic E-state index is 2.04. The lowest BCUT2D eigenvalue weighted by atomic mass is 9.78. The Morgan fingerprint density at radius 1 is 0.182 bits per heavy atom. The molecule has 0 nitrogen and oxygen atoms in total. The predicted octanol–water partition coefficient (Wildman–Crippen LogP) is 16.6. The Morgan fingerprint density at radius 3 is 0.545 bits per heavy atom. The first-order valence-corrected chi connectivity index (χ1v) is 21.8. The fourth-order valence-electron chi connectivity index (χ4n) is 8.58. The fourth-order valence-corrected chi connectivity index (χ4v) is 8.58. The van der Waals surface area contributed by atoms with Crippen molar-refractivity contribution in [3.8, 4) is 0 Å². The molecule has 261 valence electrons. The Hall–Kier alpha value is 0. The smallest absolute Gasteiger partial charge is 0.0210 e. The zero-order valence-corrected chi connectivity index (χ0v) is 30.8. The molecule has 0 unspecified atom stereocenters. The van der Waals surface area contributed by atoms with Crippen LogP contribution in [0, 0.1) is 11.8 Å². The van der Waals surface area contributed by atoms with Crippen molar-refractivity contribution in [3.63, 3.8) is 0 Å². The third-order valence-corrected chi connectivity index (χ3v) is 11.7. The molecular formula is C44H85. The van der Waals surface area contributed by atoms with Crippen LogP contribution in [0.15, 0.2) is 0 Å². The van der Waals surface area contributed by atoms with Crippen LogP contribution in [0.1, 0.15) is 270 Å². The molecule has 2 aliphatic rings. The van der Waals surface area contributed by atoms with E-state index in [9.17, 15) is 0 Å². The lowest BCUT2D eigenvalue weighted by Gasteiger charge is -2.28. The molecule has 0 aromatic rings. The third kappa shape index (κ3) is 26.1. The third-order valence-electron chi connectivity index (χ3n) is 11.7. The van der Waals surface area contributed by atoms with E-state index in [1.54, 1.807) is 0 Å². The summed E-state index contributed by atoms with van der Waals surface area (Å²) in [4.78, 5) is 0. The first-order valence-electron chi connectivity index (χ1n) is 21.8. The second-order valence-corrected chi connectivity index (χ2v) is 15.9. The summed E-state index contributed by atoms with van der Waals surface area (Å²) in [5, 5.41) is 0. The number of hydrogen-bond donors (Lipinski definition) is 0. The Bertz CT molecular complexity index is 492. The van der Waals surface area contributed by atoms with E-state index >= 15 is 0 Å². The van der Waals surface area contributed by atoms with Crippen LogP contribution in [-0.2, 0) is 0 Å². The van der Waals surface area contributed by atoms with E-state index in [4.69, 9.17) is 0 Å². The molecule has 0 amide bonds. The first-order chi connectivity index (χ1) is 22.0. The standard InChI is InChI=1S/C44H85/c1-2-4-7-11-15-19-23-27-31-35-39-43(40-36-32-28-24-20-16-12-8-5-3-1)44-41-37-33-29-25-21-17-13-9-6-10-14-18-22-26-30-34-38-42-44/h43H,1-42H2. The Labute approximate surface area is 280 Å². The summed E-state index contributed by atoms with van der Waals surface area (Å²) in [6.45, 7) is 0. The zero-order chi connectivity index (χ0) is 30.9. The van der Waals surface area contributed by atoms with Crippen LogP contribution < -0.4 is 0 Å². The topological polar surface area (TPSA) is 0 Å². The highest BCUT2D eigenvalue weighted by molar-refractivity contribution is 4.96. The highest BCUT2D eigenvalue weighted by Gasteiger charge is 2.21. The summed E-state index contributed by atoms with van der Waals surface area (Å²) in [6.07, 6.45) is 63.0. The normalized spacial score (nSPS) is 25.4. The average Bonchev–Trinajstić information content (AvgIpc) is 3.03. The van der Waals surface area contributed by atoms with Crippen LogP contribution in [0.3, 0.4) is 0 Å². The van der Waals surface area contributed by atoms with Gasteiger partial charge in [-0.1, -0.05) is 244 Å². The maximum Gasteiger partial charge on any atom is -0.0210 e. The molecule has 0 aliphatic heterocycles. The zero-order valence-electron chi connectivity index (χ0n) is 30.8. The molecule has 2 aliphatic carbocycles. The molecule has 2 rings (SSSR count). The molecule has 2 fully saturated rings. The number of rotatable bonds is 1. The van der Waals surface area contributed by atoms with Gasteiger partial charge in [-0.25, -0.2) is 0 Å². The van der Waals surface area contributed by atoms with Crippen molar-refractivity contribution in [2.45, 2.75) is 270 Å². The molecule has 0 bridgehead atoms. The van der Waals surface area contributed by atoms with E-state index in [0.717, 1.165) is 5.92 Å². The molecule has 1 radical (unpaired) electrons. The summed E-state index contributed by atoms with van der Waals surface area (Å²) < 4.78 is 0. The van der Waals surface area contributed by atoms with Gasteiger partial charge in [-0.05, 0) is 37.5 Å². The molecule has 0 spiro atoms. The molecular weight excluding hydrogens is 528 g/mol. The lowest BCUT2D eigenvalue weighted by Crippen LogP contribution is -2.14. The van der Waals surface area contributed by atoms with Crippen LogP contribution in [0.5, 0.6) is 0 Å². The van der Waals surface area contributed by atoms with Crippen molar-refractivity contribution in [2.75, 3.05) is 0 Å². The van der Waals surface area contributed by atoms with E-state index in [1.807, 2.05) is 5.92 Å². The van der Waals surface area contributed by atoms with E-state index < -0.39 is 0 Å². The summed E-state index contributed by atoms with van der Waals surface area (Å²) in [7, 11) is 0. The lowest BCUT2D eigenvalue weighted by molar-refractivity contribution is 0.370. The van der Waals surface area contributed by atoms with Gasteiger partial charge in [0, 0.05) is 0 Å². The Kier molecular flexibility index (Phi) is 30.1. The average molecular weight is 614 g/mol. The van der Waals surface area contributed by atoms with Gasteiger partial charge in [0.2, 0.25) is 0 Å². The molecule has 0 aromatic heterocycles. The molecule has 0 saturated heterocycles. The predicted molar refractivity (Wildman–Crippen MR) is 201 cm³/mol. The van der Waals surface area contributed by atoms with Gasteiger partial charge in [0.05, 0.1) is 0 Å². The van der Waals surface area contributed by atoms with Crippen LogP contribution in [0.4, 0.5) is 0 Å². The summed E-state index contributed by atoms with van der Waals surface area (Å²) in [5.41, 5.74) is 0. The quantitative estimate of drug-likeness (QED) is 0.276.